The Bertz CT molecular complexity index is 67.3. The Kier molecular flexibility index (Phi) is 3.01. The third-order valence-corrected chi connectivity index (χ3v) is 1.71. The van der Waals surface area contributed by atoms with Crippen molar-refractivity contribution in [2.24, 2.45) is 0 Å². The van der Waals surface area contributed by atoms with Crippen molar-refractivity contribution in [1.82, 2.24) is 10.2 Å². The summed E-state index contributed by atoms with van der Waals surface area (Å²) in [5.41, 5.74) is 0. The van der Waals surface area contributed by atoms with Crippen LogP contribution in [-0.2, 0) is 0 Å². The van der Waals surface area contributed by atoms with Crippen LogP contribution < -0.4 is 5.32 Å². The van der Waals surface area contributed by atoms with Crippen molar-refractivity contribution < 1.29 is 0 Å². The minimum absolute atomic E-state index is 1.12. The first-order valence-electron chi connectivity index (χ1n) is 3.62. The molecule has 0 unspecified atom stereocenters. The Morgan fingerprint density at radius 2 is 2.56 bits per heavy atom. The van der Waals surface area contributed by atoms with Gasteiger partial charge in [-0.1, -0.05) is 0 Å². The monoisotopic (exact) mass is 127 g/mol. The molecule has 1 rings (SSSR count). The predicted molar refractivity (Wildman–Crippen MR) is 39.3 cm³/mol. The van der Waals surface area contributed by atoms with Crippen LogP contribution in [0.2, 0.25) is 0 Å². The number of rotatable bonds is 3. The molecule has 0 saturated carbocycles. The van der Waals surface area contributed by atoms with Crippen LogP contribution in [0.3, 0.4) is 0 Å². The Morgan fingerprint density at radius 1 is 1.67 bits per heavy atom. The molecular weight excluding hydrogens is 112 g/mol. The second-order valence-electron chi connectivity index (χ2n) is 2.48. The molecular formula is C7H15N2. The third-order valence-electron chi connectivity index (χ3n) is 1.71. The standard InChI is InChI=1S/C7H15N2/c1-8-4-7-9-5-2-3-6-9/h2,8H,3-7H2,1H3. The average Bonchev–Trinajstić information content (AvgIpc) is 2.34. The summed E-state index contributed by atoms with van der Waals surface area (Å²) >= 11 is 0. The summed E-state index contributed by atoms with van der Waals surface area (Å²) in [6.45, 7) is 4.78. The van der Waals surface area contributed by atoms with Crippen LogP contribution in [0.4, 0.5) is 0 Å². The Balaban J connectivity index is 1.98. The molecule has 1 aliphatic heterocycles. The minimum atomic E-state index is 1.12. The van der Waals surface area contributed by atoms with Crippen LogP contribution >= 0.6 is 0 Å². The van der Waals surface area contributed by atoms with Gasteiger partial charge in [0.05, 0.1) is 0 Å². The SMILES string of the molecule is CNCCN1C[CH]CC1. The van der Waals surface area contributed by atoms with E-state index in [0.717, 1.165) is 6.54 Å². The molecule has 53 valence electrons. The van der Waals surface area contributed by atoms with Gasteiger partial charge < -0.3 is 10.2 Å². The summed E-state index contributed by atoms with van der Waals surface area (Å²) in [6.07, 6.45) is 3.62. The van der Waals surface area contributed by atoms with Crippen LogP contribution in [0, 0.1) is 6.42 Å². The number of hydrogen-bond acceptors (Lipinski definition) is 2. The fourth-order valence-electron chi connectivity index (χ4n) is 1.11. The van der Waals surface area contributed by atoms with Crippen molar-refractivity contribution in [2.75, 3.05) is 33.2 Å². The van der Waals surface area contributed by atoms with E-state index in [1.807, 2.05) is 7.05 Å². The van der Waals surface area contributed by atoms with Crippen LogP contribution in [0.15, 0.2) is 0 Å². The molecule has 0 bridgehead atoms. The molecule has 0 amide bonds. The lowest BCUT2D eigenvalue weighted by molar-refractivity contribution is 0.345. The van der Waals surface area contributed by atoms with E-state index < -0.39 is 0 Å². The van der Waals surface area contributed by atoms with E-state index in [4.69, 9.17) is 0 Å². The number of nitrogens with one attached hydrogen (secondary N) is 1. The van der Waals surface area contributed by atoms with Crippen LogP contribution in [-0.4, -0.2) is 38.1 Å². The molecule has 1 saturated heterocycles. The van der Waals surface area contributed by atoms with Gasteiger partial charge in [-0.3, -0.25) is 0 Å². The average molecular weight is 127 g/mol. The van der Waals surface area contributed by atoms with Gasteiger partial charge in [-0.25, -0.2) is 0 Å². The fraction of sp³-hybridized carbons (Fsp3) is 0.857. The van der Waals surface area contributed by atoms with E-state index in [2.05, 4.69) is 16.6 Å². The lowest BCUT2D eigenvalue weighted by atomic mass is 10.4. The molecule has 0 aromatic carbocycles. The normalized spacial score (nSPS) is 21.0. The summed E-state index contributed by atoms with van der Waals surface area (Å²) in [5, 5.41) is 3.14. The van der Waals surface area contributed by atoms with Gasteiger partial charge in [0.15, 0.2) is 0 Å². The fourth-order valence-corrected chi connectivity index (χ4v) is 1.11. The third kappa shape index (κ3) is 2.33. The van der Waals surface area contributed by atoms with Crippen molar-refractivity contribution >= 4 is 0 Å². The zero-order valence-electron chi connectivity index (χ0n) is 6.06. The van der Waals surface area contributed by atoms with Crippen molar-refractivity contribution in [3.63, 3.8) is 0 Å². The minimum Gasteiger partial charge on any atom is -0.318 e. The molecule has 9 heavy (non-hydrogen) atoms. The molecule has 2 heteroatoms. The van der Waals surface area contributed by atoms with Crippen molar-refractivity contribution in [3.8, 4) is 0 Å². The highest BCUT2D eigenvalue weighted by Gasteiger charge is 2.09. The van der Waals surface area contributed by atoms with E-state index in [1.165, 1.54) is 26.1 Å². The summed E-state index contributed by atoms with van der Waals surface area (Å²) in [6, 6.07) is 0. The Morgan fingerprint density at radius 3 is 3.11 bits per heavy atom. The number of nitrogens with zero attached hydrogens (tertiary/aromatic N) is 1. The first kappa shape index (κ1) is 7.03. The second-order valence-corrected chi connectivity index (χ2v) is 2.48. The topological polar surface area (TPSA) is 15.3 Å². The molecule has 0 aliphatic carbocycles. The largest absolute Gasteiger partial charge is 0.318 e. The molecule has 1 aliphatic rings. The maximum Gasteiger partial charge on any atom is 0.0107 e. The van der Waals surface area contributed by atoms with Gasteiger partial charge in [0.2, 0.25) is 0 Å². The quantitative estimate of drug-likeness (QED) is 0.579. The van der Waals surface area contributed by atoms with Gasteiger partial charge in [-0.05, 0) is 26.4 Å². The zero-order valence-corrected chi connectivity index (χ0v) is 6.06. The molecule has 1 N–H and O–H groups in total. The molecule has 1 heterocycles. The van der Waals surface area contributed by atoms with Gasteiger partial charge in [0.25, 0.3) is 0 Å². The molecule has 2 nitrogen and oxygen atoms in total. The number of likely N-dealkylation sites (tertiary alicyclic amines) is 1. The lowest BCUT2D eigenvalue weighted by Crippen LogP contribution is -2.27. The van der Waals surface area contributed by atoms with Crippen molar-refractivity contribution in [2.45, 2.75) is 6.42 Å². The highest BCUT2D eigenvalue weighted by molar-refractivity contribution is 4.80. The smallest absolute Gasteiger partial charge is 0.0107 e. The summed E-state index contributed by atoms with van der Waals surface area (Å²) in [4.78, 5) is 2.45. The summed E-state index contributed by atoms with van der Waals surface area (Å²) in [5.74, 6) is 0. The highest BCUT2D eigenvalue weighted by Crippen LogP contribution is 2.03. The van der Waals surface area contributed by atoms with E-state index in [9.17, 15) is 0 Å². The molecule has 1 radical (unpaired) electrons. The van der Waals surface area contributed by atoms with Gasteiger partial charge in [-0.15, -0.1) is 0 Å². The van der Waals surface area contributed by atoms with Gasteiger partial charge in [0.1, 0.15) is 0 Å². The van der Waals surface area contributed by atoms with E-state index in [0.29, 0.717) is 0 Å². The Labute approximate surface area is 57.2 Å². The van der Waals surface area contributed by atoms with Gasteiger partial charge in [0, 0.05) is 19.6 Å². The van der Waals surface area contributed by atoms with E-state index >= 15 is 0 Å². The maximum absolute atomic E-state index is 3.14. The van der Waals surface area contributed by atoms with Crippen LogP contribution in [0.25, 0.3) is 0 Å². The van der Waals surface area contributed by atoms with Crippen LogP contribution in [0.5, 0.6) is 0 Å². The highest BCUT2D eigenvalue weighted by atomic mass is 15.1. The second kappa shape index (κ2) is 3.85. The molecule has 0 aromatic rings. The molecule has 1 fully saturated rings. The van der Waals surface area contributed by atoms with Crippen molar-refractivity contribution in [1.29, 1.82) is 0 Å². The maximum atomic E-state index is 3.14. The summed E-state index contributed by atoms with van der Waals surface area (Å²) < 4.78 is 0. The number of hydrogen-bond donors (Lipinski definition) is 1. The van der Waals surface area contributed by atoms with Gasteiger partial charge >= 0.3 is 0 Å². The van der Waals surface area contributed by atoms with Gasteiger partial charge in [-0.2, -0.15) is 0 Å². The Hall–Kier alpha value is -0.0800. The van der Waals surface area contributed by atoms with E-state index in [-0.39, 0.29) is 0 Å². The lowest BCUT2D eigenvalue weighted by Gasteiger charge is -2.12. The van der Waals surface area contributed by atoms with E-state index in [1.54, 1.807) is 0 Å². The number of likely N-dealkylation sites (N-methyl/N-ethyl adjacent to an activating group) is 1. The molecule has 0 spiro atoms. The molecule has 0 aromatic heterocycles. The first-order chi connectivity index (χ1) is 4.43. The molecule has 0 atom stereocenters. The van der Waals surface area contributed by atoms with Crippen LogP contribution in [0.1, 0.15) is 6.42 Å². The zero-order chi connectivity index (χ0) is 6.53. The summed E-state index contributed by atoms with van der Waals surface area (Å²) in [7, 11) is 2.00. The van der Waals surface area contributed by atoms with Crippen molar-refractivity contribution in [3.05, 3.63) is 6.42 Å². The predicted octanol–water partition coefficient (Wildman–Crippen LogP) is 0.116. The first-order valence-corrected chi connectivity index (χ1v) is 3.62.